The van der Waals surface area contributed by atoms with Crippen molar-refractivity contribution in [2.45, 2.75) is 85.0 Å². The minimum atomic E-state index is 0.0740. The number of carbonyl (C=O) groups is 2. The van der Waals surface area contributed by atoms with Crippen LogP contribution in [0.1, 0.15) is 85.0 Å². The third-order valence-electron chi connectivity index (χ3n) is 10.1. The van der Waals surface area contributed by atoms with Gasteiger partial charge in [-0.2, -0.15) is 0 Å². The summed E-state index contributed by atoms with van der Waals surface area (Å²) in [7, 11) is 0. The summed E-state index contributed by atoms with van der Waals surface area (Å²) in [6, 6.07) is 0. The van der Waals surface area contributed by atoms with Gasteiger partial charge in [-0.05, 0) is 99.1 Å². The van der Waals surface area contributed by atoms with Crippen LogP contribution < -0.4 is 0 Å². The number of carbonyl (C=O) groups excluding carboxylic acids is 2. The first kappa shape index (κ1) is 20.5. The van der Waals surface area contributed by atoms with Gasteiger partial charge < -0.3 is 4.90 Å². The lowest BCUT2D eigenvalue weighted by molar-refractivity contribution is -0.140. The van der Waals surface area contributed by atoms with Crippen molar-refractivity contribution in [1.82, 2.24) is 4.90 Å². The fraction of sp³-hybridized carbons (Fsp3) is 0.778. The highest BCUT2D eigenvalue weighted by atomic mass is 16.1. The fourth-order valence-electron chi connectivity index (χ4n) is 8.43. The topological polar surface area (TPSA) is 37.4 Å². The summed E-state index contributed by atoms with van der Waals surface area (Å²) in [5.74, 6) is 2.47. The van der Waals surface area contributed by atoms with Crippen molar-refractivity contribution in [3.63, 3.8) is 0 Å². The minimum absolute atomic E-state index is 0.0740. The van der Waals surface area contributed by atoms with Crippen molar-refractivity contribution in [1.29, 1.82) is 0 Å². The Morgan fingerprint density at radius 1 is 1.03 bits per heavy atom. The van der Waals surface area contributed by atoms with Gasteiger partial charge in [0.25, 0.3) is 0 Å². The SMILES string of the molecule is C/C(=C/N1CCCCC1)[C@H]1CC[C@H]2[C@@H]3C(=O)CC4=CC(=O)CC[C@]4(C)[C@H]3CC[C@]12C. The van der Waals surface area contributed by atoms with Crippen molar-refractivity contribution in [3.05, 3.63) is 23.4 Å². The number of ketones is 2. The second-order valence-corrected chi connectivity index (χ2v) is 11.6. The van der Waals surface area contributed by atoms with Crippen LogP contribution >= 0.6 is 0 Å². The molecule has 0 radical (unpaired) electrons. The maximum absolute atomic E-state index is 13.4. The van der Waals surface area contributed by atoms with Crippen LogP contribution in [0.2, 0.25) is 0 Å². The Bertz CT molecular complexity index is 804. The van der Waals surface area contributed by atoms with E-state index in [0.717, 1.165) is 18.4 Å². The Kier molecular flexibility index (Phi) is 5.02. The van der Waals surface area contributed by atoms with Crippen LogP contribution in [0.3, 0.4) is 0 Å². The molecule has 5 rings (SSSR count). The van der Waals surface area contributed by atoms with E-state index < -0.39 is 0 Å². The van der Waals surface area contributed by atoms with Gasteiger partial charge in [-0.25, -0.2) is 0 Å². The van der Waals surface area contributed by atoms with E-state index in [1.54, 1.807) is 5.57 Å². The highest BCUT2D eigenvalue weighted by Gasteiger charge is 2.61. The molecule has 0 aromatic heterocycles. The number of Topliss-reactive ketones (excluding diaryl/α,β-unsaturated/α-hetero) is 1. The first-order chi connectivity index (χ1) is 14.3. The predicted molar refractivity (Wildman–Crippen MR) is 120 cm³/mol. The molecule has 0 amide bonds. The Labute approximate surface area is 182 Å². The molecule has 0 aromatic carbocycles. The molecule has 1 aliphatic heterocycles. The normalized spacial score (nSPS) is 44.3. The average Bonchev–Trinajstić information content (AvgIpc) is 3.07. The van der Waals surface area contributed by atoms with E-state index in [4.69, 9.17) is 0 Å². The average molecular weight is 410 g/mol. The molecule has 0 N–H and O–H groups in total. The number of rotatable bonds is 2. The summed E-state index contributed by atoms with van der Waals surface area (Å²) in [6.45, 7) is 9.65. The number of allylic oxidation sites excluding steroid dienone is 2. The maximum atomic E-state index is 13.4. The molecule has 1 saturated heterocycles. The van der Waals surface area contributed by atoms with Crippen molar-refractivity contribution >= 4 is 11.6 Å². The van der Waals surface area contributed by atoms with Crippen LogP contribution in [0.15, 0.2) is 23.4 Å². The van der Waals surface area contributed by atoms with Crippen LogP contribution in [-0.2, 0) is 9.59 Å². The molecular weight excluding hydrogens is 370 g/mol. The number of nitrogens with zero attached hydrogens (tertiary/aromatic N) is 1. The zero-order valence-electron chi connectivity index (χ0n) is 19.2. The van der Waals surface area contributed by atoms with Gasteiger partial charge in [-0.15, -0.1) is 0 Å². The van der Waals surface area contributed by atoms with E-state index in [1.165, 1.54) is 51.6 Å². The Morgan fingerprint density at radius 2 is 1.80 bits per heavy atom. The molecule has 0 bridgehead atoms. The van der Waals surface area contributed by atoms with Gasteiger partial charge in [-0.1, -0.05) is 25.0 Å². The van der Waals surface area contributed by atoms with Gasteiger partial charge in [-0.3, -0.25) is 9.59 Å². The zero-order chi connectivity index (χ0) is 21.1. The first-order valence-corrected chi connectivity index (χ1v) is 12.5. The van der Waals surface area contributed by atoms with E-state index in [1.807, 2.05) is 6.08 Å². The summed E-state index contributed by atoms with van der Waals surface area (Å²) >= 11 is 0. The maximum Gasteiger partial charge on any atom is 0.155 e. The van der Waals surface area contributed by atoms with Gasteiger partial charge in [0.05, 0.1) is 0 Å². The molecular formula is C27H39NO2. The van der Waals surface area contributed by atoms with Gasteiger partial charge in [0.1, 0.15) is 5.78 Å². The smallest absolute Gasteiger partial charge is 0.155 e. The molecule has 4 fully saturated rings. The van der Waals surface area contributed by atoms with Crippen LogP contribution in [0, 0.1) is 34.5 Å². The van der Waals surface area contributed by atoms with Gasteiger partial charge in [0.2, 0.25) is 0 Å². The predicted octanol–water partition coefficient (Wildman–Crippen LogP) is 5.70. The van der Waals surface area contributed by atoms with Crippen LogP contribution in [-0.4, -0.2) is 29.6 Å². The highest BCUT2D eigenvalue weighted by Crippen LogP contribution is 2.66. The monoisotopic (exact) mass is 409 g/mol. The summed E-state index contributed by atoms with van der Waals surface area (Å²) < 4.78 is 0. The van der Waals surface area contributed by atoms with Crippen molar-refractivity contribution in [2.24, 2.45) is 34.5 Å². The molecule has 5 aliphatic rings. The molecule has 6 atom stereocenters. The van der Waals surface area contributed by atoms with Crippen LogP contribution in [0.4, 0.5) is 0 Å². The summed E-state index contributed by atoms with van der Waals surface area (Å²) in [4.78, 5) is 28.0. The summed E-state index contributed by atoms with van der Waals surface area (Å²) in [5.41, 5.74) is 3.04. The van der Waals surface area contributed by atoms with E-state index in [2.05, 4.69) is 31.9 Å². The van der Waals surface area contributed by atoms with E-state index >= 15 is 0 Å². The number of hydrogen-bond donors (Lipinski definition) is 0. The largest absolute Gasteiger partial charge is 0.377 e. The Balaban J connectivity index is 1.42. The fourth-order valence-corrected chi connectivity index (χ4v) is 8.43. The van der Waals surface area contributed by atoms with E-state index in [-0.39, 0.29) is 22.5 Å². The highest BCUT2D eigenvalue weighted by molar-refractivity contribution is 5.95. The van der Waals surface area contributed by atoms with Crippen molar-refractivity contribution in [3.8, 4) is 0 Å². The minimum Gasteiger partial charge on any atom is -0.377 e. The number of hydrogen-bond acceptors (Lipinski definition) is 3. The molecule has 1 heterocycles. The summed E-state index contributed by atoms with van der Waals surface area (Å²) in [5, 5.41) is 0. The quantitative estimate of drug-likeness (QED) is 0.587. The van der Waals surface area contributed by atoms with Crippen LogP contribution in [0.25, 0.3) is 0 Å². The lowest BCUT2D eigenvalue weighted by Gasteiger charge is -2.57. The molecule has 0 spiro atoms. The Morgan fingerprint density at radius 3 is 2.57 bits per heavy atom. The summed E-state index contributed by atoms with van der Waals surface area (Å²) in [6.07, 6.45) is 15.3. The van der Waals surface area contributed by atoms with Gasteiger partial charge >= 0.3 is 0 Å². The first-order valence-electron chi connectivity index (χ1n) is 12.5. The standard InChI is InChI=1S/C27H39NO2/c1-18(17-28-13-5-4-6-14-28)21-7-8-22-25-23(10-12-27(21,22)3)26(2)11-9-20(29)15-19(26)16-24(25)30/h15,17,21-23,25H,4-14,16H2,1-3H3/b18-17-/t21-,22+,23+,25+,26+,27-/m1/s1. The molecule has 3 nitrogen and oxygen atoms in total. The van der Waals surface area contributed by atoms with Crippen molar-refractivity contribution in [2.75, 3.05) is 13.1 Å². The lowest BCUT2D eigenvalue weighted by atomic mass is 9.46. The third-order valence-corrected chi connectivity index (χ3v) is 10.1. The number of likely N-dealkylation sites (tertiary alicyclic amines) is 1. The number of fused-ring (bicyclic) bond motifs is 5. The molecule has 4 aliphatic carbocycles. The lowest BCUT2D eigenvalue weighted by Crippen LogP contribution is -2.54. The van der Waals surface area contributed by atoms with E-state index in [0.29, 0.717) is 36.4 Å². The molecule has 0 unspecified atom stereocenters. The number of piperidine rings is 1. The molecule has 3 saturated carbocycles. The van der Waals surface area contributed by atoms with E-state index in [9.17, 15) is 9.59 Å². The Hall–Kier alpha value is -1.38. The van der Waals surface area contributed by atoms with Gasteiger partial charge in [0, 0.05) is 31.8 Å². The second kappa shape index (κ2) is 7.35. The van der Waals surface area contributed by atoms with Crippen LogP contribution in [0.5, 0.6) is 0 Å². The molecule has 0 aromatic rings. The molecule has 3 heteroatoms. The van der Waals surface area contributed by atoms with Gasteiger partial charge in [0.15, 0.2) is 5.78 Å². The molecule has 30 heavy (non-hydrogen) atoms. The zero-order valence-corrected chi connectivity index (χ0v) is 19.2. The molecule has 164 valence electrons. The van der Waals surface area contributed by atoms with Crippen molar-refractivity contribution < 1.29 is 9.59 Å². The second-order valence-electron chi connectivity index (χ2n) is 11.6. The third kappa shape index (κ3) is 3.06.